The number of hydrogen-bond donors (Lipinski definition) is 1. The summed E-state index contributed by atoms with van der Waals surface area (Å²) in [5.41, 5.74) is 1.75. The van der Waals surface area contributed by atoms with Gasteiger partial charge in [-0.15, -0.1) is 0 Å². The van der Waals surface area contributed by atoms with Crippen LogP contribution in [0.5, 0.6) is 5.75 Å². The second-order valence-corrected chi connectivity index (χ2v) is 11.1. The molecule has 0 spiro atoms. The van der Waals surface area contributed by atoms with Crippen LogP contribution in [-0.4, -0.2) is 16.9 Å². The zero-order valence-corrected chi connectivity index (χ0v) is 24.5. The fraction of sp³-hybridized carbons (Fsp3) is 0.0417. The minimum Gasteiger partial charge on any atom is -0.487 e. The van der Waals surface area contributed by atoms with Crippen LogP contribution >= 0.6 is 83.2 Å². The third-order valence-electron chi connectivity index (χ3n) is 4.90. The van der Waals surface area contributed by atoms with Crippen molar-refractivity contribution in [3.05, 3.63) is 94.8 Å². The molecule has 3 aromatic rings. The van der Waals surface area contributed by atoms with Crippen molar-refractivity contribution in [3.8, 4) is 5.75 Å². The summed E-state index contributed by atoms with van der Waals surface area (Å²) in [6, 6.07) is 16.1. The third-order valence-corrected chi connectivity index (χ3v) is 7.70. The molecule has 4 rings (SSSR count). The molecule has 0 aromatic heterocycles. The van der Waals surface area contributed by atoms with Gasteiger partial charge in [-0.3, -0.25) is 19.8 Å². The number of carbonyl (C=O) groups excluding carboxylic acids is 2. The lowest BCUT2D eigenvalue weighted by Crippen LogP contribution is -2.54. The summed E-state index contributed by atoms with van der Waals surface area (Å²) < 4.78 is 8.24. The van der Waals surface area contributed by atoms with Crippen molar-refractivity contribution in [3.63, 3.8) is 0 Å². The highest BCUT2D eigenvalue weighted by molar-refractivity contribution is 9.11. The van der Waals surface area contributed by atoms with Crippen molar-refractivity contribution in [1.82, 2.24) is 5.32 Å². The molecular weight excluding hydrogens is 707 g/mol. The van der Waals surface area contributed by atoms with E-state index in [9.17, 15) is 9.59 Å². The quantitative estimate of drug-likeness (QED) is 0.167. The Morgan fingerprint density at radius 3 is 2.31 bits per heavy atom. The van der Waals surface area contributed by atoms with Crippen molar-refractivity contribution in [2.45, 2.75) is 6.61 Å². The minimum atomic E-state index is -0.620. The molecule has 0 unspecified atom stereocenters. The number of nitrogens with one attached hydrogen (secondary N) is 1. The lowest BCUT2D eigenvalue weighted by molar-refractivity contribution is -0.122. The van der Waals surface area contributed by atoms with Crippen LogP contribution in [-0.2, 0) is 16.2 Å². The number of thiocarbonyl (C=S) groups is 1. The monoisotopic (exact) mass is 716 g/mol. The summed E-state index contributed by atoms with van der Waals surface area (Å²) in [5, 5.41) is 2.86. The Morgan fingerprint density at radius 2 is 1.66 bits per heavy atom. The minimum absolute atomic E-state index is 0.0830. The number of nitrogens with zero attached hydrogens (tertiary/aromatic N) is 1. The van der Waals surface area contributed by atoms with Crippen LogP contribution in [0.4, 0.5) is 5.69 Å². The van der Waals surface area contributed by atoms with Gasteiger partial charge < -0.3 is 4.74 Å². The fourth-order valence-electron chi connectivity index (χ4n) is 3.24. The van der Waals surface area contributed by atoms with Gasteiger partial charge in [-0.1, -0.05) is 57.3 Å². The second kappa shape index (κ2) is 11.1. The van der Waals surface area contributed by atoms with Crippen LogP contribution in [0, 0.1) is 0 Å². The molecule has 35 heavy (non-hydrogen) atoms. The Balaban J connectivity index is 1.63. The van der Waals surface area contributed by atoms with Crippen molar-refractivity contribution in [1.29, 1.82) is 0 Å². The molecule has 1 saturated heterocycles. The third kappa shape index (κ3) is 5.81. The van der Waals surface area contributed by atoms with Crippen molar-refractivity contribution < 1.29 is 14.3 Å². The molecule has 1 fully saturated rings. The highest BCUT2D eigenvalue weighted by Crippen LogP contribution is 2.37. The van der Waals surface area contributed by atoms with E-state index in [1.165, 1.54) is 6.08 Å². The molecule has 2 amide bonds. The Morgan fingerprint density at radius 1 is 1.00 bits per heavy atom. The van der Waals surface area contributed by atoms with E-state index in [1.54, 1.807) is 30.3 Å². The summed E-state index contributed by atoms with van der Waals surface area (Å²) in [5.74, 6) is -0.647. The number of carbonyl (C=O) groups is 2. The molecule has 1 N–H and O–H groups in total. The van der Waals surface area contributed by atoms with E-state index in [0.717, 1.165) is 14.9 Å². The Bertz CT molecular complexity index is 1370. The van der Waals surface area contributed by atoms with Crippen molar-refractivity contribution >= 4 is 112 Å². The first-order valence-corrected chi connectivity index (χ1v) is 13.4. The number of hydrogen-bond acceptors (Lipinski definition) is 4. The van der Waals surface area contributed by atoms with Gasteiger partial charge in [-0.25, -0.2) is 0 Å². The van der Waals surface area contributed by atoms with Gasteiger partial charge in [0.1, 0.15) is 17.9 Å². The van der Waals surface area contributed by atoms with Crippen LogP contribution in [0.1, 0.15) is 11.1 Å². The number of amides is 2. The normalized spacial score (nSPS) is 14.9. The first kappa shape index (κ1) is 26.3. The van der Waals surface area contributed by atoms with Crippen molar-refractivity contribution in [2.24, 2.45) is 0 Å². The van der Waals surface area contributed by atoms with Gasteiger partial charge in [0.2, 0.25) is 0 Å². The molecule has 178 valence electrons. The van der Waals surface area contributed by atoms with Gasteiger partial charge >= 0.3 is 0 Å². The maximum Gasteiger partial charge on any atom is 0.270 e. The smallest absolute Gasteiger partial charge is 0.270 e. The number of halogens is 5. The molecule has 1 aliphatic heterocycles. The molecule has 0 bridgehead atoms. The average Bonchev–Trinajstić information content (AvgIpc) is 2.80. The standard InChI is InChI=1S/C24H13Br3Cl2N2O3S/c25-14-6-4-12(5-7-14)11-34-21-16(26)9-13(10-17(21)27)8-15-22(32)30-24(35)31(23(15)33)19-3-1-2-18(28)20(19)29/h1-10H,11H2,(H,30,32,35)/b15-8+. The molecule has 0 saturated carbocycles. The number of ether oxygens (including phenoxy) is 1. The van der Waals surface area contributed by atoms with Crippen LogP contribution in [0.2, 0.25) is 10.0 Å². The average molecular weight is 720 g/mol. The summed E-state index contributed by atoms with van der Waals surface area (Å²) >= 11 is 28.1. The maximum absolute atomic E-state index is 13.3. The Hall–Kier alpha value is -1.75. The zero-order valence-electron chi connectivity index (χ0n) is 17.5. The van der Waals surface area contributed by atoms with Gasteiger partial charge in [-0.05, 0) is 97.7 Å². The van der Waals surface area contributed by atoms with E-state index in [2.05, 4.69) is 53.1 Å². The zero-order chi connectivity index (χ0) is 25.3. The predicted molar refractivity (Wildman–Crippen MR) is 153 cm³/mol. The molecule has 5 nitrogen and oxygen atoms in total. The highest BCUT2D eigenvalue weighted by atomic mass is 79.9. The second-order valence-electron chi connectivity index (χ2n) is 7.26. The number of anilines is 1. The van der Waals surface area contributed by atoms with Crippen LogP contribution < -0.4 is 15.0 Å². The van der Waals surface area contributed by atoms with Gasteiger partial charge in [0.05, 0.1) is 24.7 Å². The fourth-order valence-corrected chi connectivity index (χ4v) is 5.61. The summed E-state index contributed by atoms with van der Waals surface area (Å²) in [6.45, 7) is 0.360. The molecule has 0 atom stereocenters. The SMILES string of the molecule is O=C1NC(=S)N(c2cccc(Cl)c2Cl)C(=O)/C1=C/c1cc(Br)c(OCc2ccc(Br)cc2)c(Br)c1. The maximum atomic E-state index is 13.3. The lowest BCUT2D eigenvalue weighted by atomic mass is 10.1. The van der Waals surface area contributed by atoms with Crippen LogP contribution in [0.15, 0.2) is 73.6 Å². The number of benzene rings is 3. The van der Waals surface area contributed by atoms with Crippen LogP contribution in [0.3, 0.4) is 0 Å². The Kier molecular flexibility index (Phi) is 8.35. The molecule has 3 aromatic carbocycles. The van der Waals surface area contributed by atoms with Gasteiger partial charge in [0.25, 0.3) is 11.8 Å². The Labute approximate surface area is 241 Å². The number of rotatable bonds is 5. The van der Waals surface area contributed by atoms with E-state index in [4.69, 9.17) is 40.2 Å². The largest absolute Gasteiger partial charge is 0.487 e. The molecule has 1 aliphatic rings. The first-order valence-electron chi connectivity index (χ1n) is 9.87. The highest BCUT2D eigenvalue weighted by Gasteiger charge is 2.35. The van der Waals surface area contributed by atoms with Gasteiger partial charge in [0.15, 0.2) is 5.11 Å². The van der Waals surface area contributed by atoms with E-state index < -0.39 is 11.8 Å². The van der Waals surface area contributed by atoms with Crippen LogP contribution in [0.25, 0.3) is 6.08 Å². The molecule has 0 radical (unpaired) electrons. The van der Waals surface area contributed by atoms with E-state index >= 15 is 0 Å². The molecule has 0 aliphatic carbocycles. The van der Waals surface area contributed by atoms with E-state index in [0.29, 0.717) is 26.9 Å². The molecular formula is C24H13Br3Cl2N2O3S. The lowest BCUT2D eigenvalue weighted by Gasteiger charge is -2.29. The van der Waals surface area contributed by atoms with E-state index in [-0.39, 0.29) is 26.4 Å². The van der Waals surface area contributed by atoms with Gasteiger partial charge in [0, 0.05) is 4.47 Å². The predicted octanol–water partition coefficient (Wildman–Crippen LogP) is 7.69. The van der Waals surface area contributed by atoms with Gasteiger partial charge in [-0.2, -0.15) is 0 Å². The summed E-state index contributed by atoms with van der Waals surface area (Å²) in [4.78, 5) is 27.1. The first-order chi connectivity index (χ1) is 16.7. The van der Waals surface area contributed by atoms with E-state index in [1.807, 2.05) is 24.3 Å². The summed E-state index contributed by atoms with van der Waals surface area (Å²) in [6.07, 6.45) is 1.47. The molecule has 1 heterocycles. The van der Waals surface area contributed by atoms with Crippen molar-refractivity contribution in [2.75, 3.05) is 4.90 Å². The summed E-state index contributed by atoms with van der Waals surface area (Å²) in [7, 11) is 0. The topological polar surface area (TPSA) is 58.6 Å². The molecule has 11 heteroatoms.